The van der Waals surface area contributed by atoms with Crippen molar-refractivity contribution in [1.82, 2.24) is 0 Å². The lowest BCUT2D eigenvalue weighted by molar-refractivity contribution is -0.161. The molecule has 5 unspecified atom stereocenters. The molecule has 0 fully saturated rings. The average Bonchev–Trinajstić information content (AvgIpc) is 0.897. The second kappa shape index (κ2) is 84.3. The Morgan fingerprint density at radius 3 is 0.757 bits per heavy atom. The number of phosphoric ester groups is 2. The summed E-state index contributed by atoms with van der Waals surface area (Å²) in [5.74, 6) is -1.60. The number of hydrogen-bond donors (Lipinski definition) is 4. The molecule has 16 nitrogen and oxygen atoms in total. The monoisotopic (exact) mass is 1590 g/mol. The Hall–Kier alpha value is -5.09. The summed E-state index contributed by atoms with van der Waals surface area (Å²) in [6.45, 7) is 2.43. The van der Waals surface area contributed by atoms with Gasteiger partial charge in [-0.2, -0.15) is 0 Å². The molecule has 0 bridgehead atoms. The average molecular weight is 1590 g/mol. The minimum absolute atomic E-state index is 0.0847. The number of unbranched alkanes of at least 4 members (excludes halogenated alkanes) is 30. The van der Waals surface area contributed by atoms with Crippen LogP contribution in [0.25, 0.3) is 0 Å². The Morgan fingerprint density at radius 2 is 0.477 bits per heavy atom. The van der Waals surface area contributed by atoms with Gasteiger partial charge in [0.1, 0.15) is 25.4 Å². The molecule has 0 amide bonds. The number of esters is 3. The highest BCUT2D eigenvalue weighted by Crippen LogP contribution is 2.45. The maximum absolute atomic E-state index is 13.1. The van der Waals surface area contributed by atoms with Crippen LogP contribution in [0.5, 0.6) is 0 Å². The predicted molar refractivity (Wildman–Crippen MR) is 463 cm³/mol. The minimum Gasteiger partial charge on any atom is -0.463 e. The molecule has 0 spiro atoms. The summed E-state index contributed by atoms with van der Waals surface area (Å²) in [5, 5.41) is 20.7. The number of ether oxygens (including phenoxy) is 3. The molecule has 5 atom stereocenters. The molecule has 0 aromatic rings. The molecule has 4 N–H and O–H groups in total. The highest BCUT2D eigenvalue weighted by atomic mass is 31.2. The number of phosphoric acid groups is 2. The van der Waals surface area contributed by atoms with Crippen molar-refractivity contribution in [2.45, 2.75) is 360 Å². The fourth-order valence-corrected chi connectivity index (χ4v) is 13.0. The van der Waals surface area contributed by atoms with Crippen LogP contribution >= 0.6 is 15.6 Å². The SMILES string of the molecule is CC/C=C\C/C=C\C/C=C\C/C=C\C/C=C\CCCCCCCCCCCCCC(=O)OCC(O)COP(=O)(O)OCC(O)COP(=O)(O)OCC(COC(=O)CCCCCCCCCCC/C=C\C/C=C\C/C=C\C/C=C\CCCCC)OC(=O)CCCCCCCCC/C=C\C/C=C\C/C=C\C/C=C\C/C=C\CC. The Bertz CT molecular complexity index is 2700. The predicted octanol–water partition coefficient (Wildman–Crippen LogP) is 26.3. The van der Waals surface area contributed by atoms with Crippen LogP contribution < -0.4 is 0 Å². The number of aliphatic hydroxyl groups excluding tert-OH is 2. The summed E-state index contributed by atoms with van der Waals surface area (Å²) in [4.78, 5) is 58.9. The lowest BCUT2D eigenvalue weighted by Gasteiger charge is -2.21. The molecule has 0 aromatic heterocycles. The van der Waals surface area contributed by atoms with E-state index in [0.717, 1.165) is 186 Å². The van der Waals surface area contributed by atoms with Gasteiger partial charge in [-0.05, 0) is 154 Å². The van der Waals surface area contributed by atoms with Crippen LogP contribution in [-0.2, 0) is 55.8 Å². The van der Waals surface area contributed by atoms with Gasteiger partial charge in [0.15, 0.2) is 6.10 Å². The van der Waals surface area contributed by atoms with Gasteiger partial charge in [-0.25, -0.2) is 9.13 Å². The van der Waals surface area contributed by atoms with Crippen molar-refractivity contribution in [3.8, 4) is 0 Å². The molecule has 0 saturated heterocycles. The fourth-order valence-electron chi connectivity index (χ4n) is 11.4. The van der Waals surface area contributed by atoms with Crippen LogP contribution in [0, 0.1) is 0 Å². The van der Waals surface area contributed by atoms with E-state index >= 15 is 0 Å². The van der Waals surface area contributed by atoms with E-state index in [9.17, 15) is 43.5 Å². The van der Waals surface area contributed by atoms with Gasteiger partial charge in [0.25, 0.3) is 0 Å². The number of carbonyl (C=O) groups is 3. The fraction of sp³-hybridized carbons (Fsp3) is 0.667. The lowest BCUT2D eigenvalue weighted by atomic mass is 10.0. The normalized spacial score (nSPS) is 14.7. The summed E-state index contributed by atoms with van der Waals surface area (Å²) in [7, 11) is -9.82. The molecule has 0 aliphatic rings. The molecule has 0 saturated carbocycles. The molecule has 634 valence electrons. The topological polar surface area (TPSA) is 231 Å². The summed E-state index contributed by atoms with van der Waals surface area (Å²) in [6.07, 6.45) is 108. The maximum atomic E-state index is 13.1. The number of aliphatic hydroxyl groups is 2. The first-order valence-electron chi connectivity index (χ1n) is 43.4. The number of rotatable bonds is 81. The Kier molecular flexibility index (Phi) is 80.4. The smallest absolute Gasteiger partial charge is 0.463 e. The van der Waals surface area contributed by atoms with Crippen molar-refractivity contribution in [3.05, 3.63) is 170 Å². The first kappa shape index (κ1) is 106. The van der Waals surface area contributed by atoms with Gasteiger partial charge in [-0.1, -0.05) is 339 Å². The van der Waals surface area contributed by atoms with Gasteiger partial charge < -0.3 is 34.2 Å². The largest absolute Gasteiger partial charge is 0.472 e. The van der Waals surface area contributed by atoms with Crippen molar-refractivity contribution in [3.63, 3.8) is 0 Å². The first-order valence-corrected chi connectivity index (χ1v) is 46.4. The Labute approximate surface area is 675 Å². The second-order valence-electron chi connectivity index (χ2n) is 28.6. The second-order valence-corrected chi connectivity index (χ2v) is 31.5. The third-order valence-electron chi connectivity index (χ3n) is 17.9. The van der Waals surface area contributed by atoms with Crippen LogP contribution in [0.2, 0.25) is 0 Å². The molecular weight excluding hydrogens is 1430 g/mol. The van der Waals surface area contributed by atoms with Gasteiger partial charge in [0.05, 0.1) is 26.4 Å². The number of carbonyl (C=O) groups excluding carboxylic acids is 3. The van der Waals surface area contributed by atoms with Crippen LogP contribution in [0.1, 0.15) is 342 Å². The maximum Gasteiger partial charge on any atom is 0.472 e. The van der Waals surface area contributed by atoms with E-state index in [1.54, 1.807) is 0 Å². The van der Waals surface area contributed by atoms with E-state index in [4.69, 9.17) is 32.3 Å². The molecule has 0 aliphatic heterocycles. The zero-order chi connectivity index (χ0) is 80.8. The van der Waals surface area contributed by atoms with Gasteiger partial charge in [-0.3, -0.25) is 32.5 Å². The molecule has 0 heterocycles. The van der Waals surface area contributed by atoms with Crippen molar-refractivity contribution >= 4 is 33.6 Å². The van der Waals surface area contributed by atoms with E-state index in [-0.39, 0.29) is 19.3 Å². The van der Waals surface area contributed by atoms with Gasteiger partial charge in [-0.15, -0.1) is 0 Å². The summed E-state index contributed by atoms with van der Waals surface area (Å²) in [5.41, 5.74) is 0. The molecule has 0 aromatic carbocycles. The van der Waals surface area contributed by atoms with Gasteiger partial charge in [0.2, 0.25) is 0 Å². The summed E-state index contributed by atoms with van der Waals surface area (Å²) >= 11 is 0. The third kappa shape index (κ3) is 85.6. The van der Waals surface area contributed by atoms with E-state index < -0.39 is 91.5 Å². The quantitative estimate of drug-likeness (QED) is 0.0146. The summed E-state index contributed by atoms with van der Waals surface area (Å²) in [6, 6.07) is 0. The van der Waals surface area contributed by atoms with Crippen molar-refractivity contribution in [2.24, 2.45) is 0 Å². The zero-order valence-electron chi connectivity index (χ0n) is 69.6. The van der Waals surface area contributed by atoms with Crippen molar-refractivity contribution in [1.29, 1.82) is 0 Å². The number of hydrogen-bond acceptors (Lipinski definition) is 14. The highest BCUT2D eigenvalue weighted by molar-refractivity contribution is 7.47. The van der Waals surface area contributed by atoms with E-state index in [1.165, 1.54) is 96.3 Å². The zero-order valence-corrected chi connectivity index (χ0v) is 71.4. The lowest BCUT2D eigenvalue weighted by Crippen LogP contribution is -2.30. The standard InChI is InChI=1S/C93H156O16P2/c1-4-7-10-13-16-19-22-25-28-31-34-37-40-42-43-45-48-49-52-55-58-61-64-67-70-73-76-79-91(96)103-82-88(94)83-105-110(99,100)106-84-89(95)85-107-111(101,102)108-87-90(109-93(98)81-78-75-72-69-66-63-60-57-54-51-46-39-36-33-30-27-24-21-18-15-12-9-6-3)86-104-92(97)80-77-74-71-68-65-62-59-56-53-50-47-44-41-38-35-32-29-26-23-20-17-14-11-8-5-2/h7,9-10,12,16-21,25-30,34-39,42-44,47,51,54,88-90,94-95H,4-6,8,11,13-15,22-24,31-33,40-41,45-46,48-50,52-53,55-87H2,1-3H3,(H,99,100)(H,101,102)/b10-7-,12-9-,19-16-,20-17-,21-18-,28-25-,29-26-,30-27-,37-34-,38-35-,39-36-,43-42-,47-44-,54-51-. The van der Waals surface area contributed by atoms with E-state index in [0.29, 0.717) is 19.3 Å². The minimum atomic E-state index is -4.95. The van der Waals surface area contributed by atoms with Crippen molar-refractivity contribution < 1.29 is 75.8 Å². The van der Waals surface area contributed by atoms with Crippen LogP contribution in [-0.4, -0.2) is 95.9 Å². The molecule has 0 aliphatic carbocycles. The van der Waals surface area contributed by atoms with Gasteiger partial charge >= 0.3 is 33.6 Å². The highest BCUT2D eigenvalue weighted by Gasteiger charge is 2.29. The molecule has 0 radical (unpaired) electrons. The van der Waals surface area contributed by atoms with Crippen LogP contribution in [0.15, 0.2) is 170 Å². The Morgan fingerprint density at radius 1 is 0.261 bits per heavy atom. The summed E-state index contributed by atoms with van der Waals surface area (Å²) < 4.78 is 61.4. The molecule has 0 rings (SSSR count). The van der Waals surface area contributed by atoms with Gasteiger partial charge in [0, 0.05) is 19.3 Å². The number of allylic oxidation sites excluding steroid dienone is 28. The van der Waals surface area contributed by atoms with Crippen LogP contribution in [0.3, 0.4) is 0 Å². The van der Waals surface area contributed by atoms with E-state index in [2.05, 4.69) is 191 Å². The third-order valence-corrected chi connectivity index (χ3v) is 19.8. The van der Waals surface area contributed by atoms with Crippen molar-refractivity contribution in [2.75, 3.05) is 39.6 Å². The molecular formula is C93H156O16P2. The molecule has 18 heteroatoms. The molecule has 111 heavy (non-hydrogen) atoms. The Balaban J connectivity index is 4.69. The van der Waals surface area contributed by atoms with Crippen LogP contribution in [0.4, 0.5) is 0 Å². The first-order chi connectivity index (χ1) is 54.2. The van der Waals surface area contributed by atoms with E-state index in [1.807, 2.05) is 0 Å².